The smallest absolute Gasteiger partial charge is 0.234 e. The van der Waals surface area contributed by atoms with E-state index in [-0.39, 0.29) is 6.42 Å². The van der Waals surface area contributed by atoms with Crippen LogP contribution in [-0.2, 0) is 5.79 Å². The predicted octanol–water partition coefficient (Wildman–Crippen LogP) is 5.32. The number of likely N-dealkylation sites (N-methyl/N-ethyl adjacent to an activating group) is 1. The topological polar surface area (TPSA) is 167 Å². The summed E-state index contributed by atoms with van der Waals surface area (Å²) in [5, 5.41) is 72.8. The summed E-state index contributed by atoms with van der Waals surface area (Å²) < 4.78 is 0.638. The van der Waals surface area contributed by atoms with E-state index >= 15 is 0 Å². The lowest BCUT2D eigenvalue weighted by Crippen LogP contribution is -2.37. The Labute approximate surface area is 236 Å². The molecule has 1 heterocycles. The number of aromatic hydroxyl groups is 5. The lowest BCUT2D eigenvalue weighted by molar-refractivity contribution is -0.178. The summed E-state index contributed by atoms with van der Waals surface area (Å²) in [5.74, 6) is -8.58. The first-order valence-corrected chi connectivity index (χ1v) is 14.1. The quantitative estimate of drug-likeness (QED) is 0.0444. The lowest BCUT2D eigenvalue weighted by atomic mass is 10.0. The van der Waals surface area contributed by atoms with Gasteiger partial charge in [0.2, 0.25) is 29.1 Å². The van der Waals surface area contributed by atoms with Gasteiger partial charge in [-0.3, -0.25) is 4.79 Å². The molecule has 0 amide bonds. The molecular formula is C30H46N2O8. The van der Waals surface area contributed by atoms with Gasteiger partial charge in [0.25, 0.3) is 0 Å². The van der Waals surface area contributed by atoms with Gasteiger partial charge in [0.05, 0.1) is 17.5 Å². The average molecular weight is 563 g/mol. The zero-order chi connectivity index (χ0) is 29.9. The van der Waals surface area contributed by atoms with Gasteiger partial charge in [0.15, 0.2) is 11.5 Å². The number of phenols is 4. The lowest BCUT2D eigenvalue weighted by Gasteiger charge is -2.25. The second kappa shape index (κ2) is 15.5. The van der Waals surface area contributed by atoms with Gasteiger partial charge < -0.3 is 40.6 Å². The number of aromatic nitrogens is 1. The number of unbranched alkanes of at least 4 members (excludes halogenated alkanes) is 8. The number of carbonyl (C=O) groups is 1. The van der Waals surface area contributed by atoms with Crippen molar-refractivity contribution >= 4 is 16.8 Å². The van der Waals surface area contributed by atoms with Gasteiger partial charge in [-0.2, -0.15) is 0 Å². The molecule has 2 rings (SSSR count). The van der Waals surface area contributed by atoms with Crippen molar-refractivity contribution < 1.29 is 40.5 Å². The molecule has 1 aromatic carbocycles. The number of fused-ring (bicyclic) bond motifs is 1. The summed E-state index contributed by atoms with van der Waals surface area (Å²) in [7, 11) is 3.07. The molecule has 0 aliphatic carbocycles. The molecular weight excluding hydrogens is 516 g/mol. The van der Waals surface area contributed by atoms with E-state index in [9.17, 15) is 40.5 Å². The van der Waals surface area contributed by atoms with Gasteiger partial charge in [0, 0.05) is 6.42 Å². The van der Waals surface area contributed by atoms with Crippen LogP contribution in [0.5, 0.6) is 28.9 Å². The Morgan fingerprint density at radius 3 is 1.93 bits per heavy atom. The maximum absolute atomic E-state index is 13.1. The average Bonchev–Trinajstić information content (AvgIpc) is 3.21. The fraction of sp³-hybridized carbons (Fsp3) is 0.567. The van der Waals surface area contributed by atoms with Crippen molar-refractivity contribution in [3.8, 4) is 28.9 Å². The Balaban J connectivity index is 1.99. The molecule has 0 bridgehead atoms. The van der Waals surface area contributed by atoms with Crippen LogP contribution in [0, 0.1) is 0 Å². The standard InChI is InChI=1S/C30H46N2O8/c1-4-5-6-7-8-9-10-11-12-13-14-15-16-17-18-19-21(33)32-24-22(25(34)27(36)28(37)26(24)35)23(29(32)38)30(39,40)20-31(2)3/h8-9,11-12,34-40H,4-7,10,13-20H2,1-3H3/b9-8-,12-11-. The van der Waals surface area contributed by atoms with Crippen LogP contribution in [-0.4, -0.2) is 71.8 Å². The number of hydrogen-bond donors (Lipinski definition) is 7. The third kappa shape index (κ3) is 8.39. The number of allylic oxidation sites excluding steroid dienone is 4. The van der Waals surface area contributed by atoms with Crippen molar-refractivity contribution in [3.63, 3.8) is 0 Å². The van der Waals surface area contributed by atoms with Gasteiger partial charge in [0.1, 0.15) is 5.52 Å². The zero-order valence-electron chi connectivity index (χ0n) is 23.9. The molecule has 0 spiro atoms. The summed E-state index contributed by atoms with van der Waals surface area (Å²) in [4.78, 5) is 14.5. The summed E-state index contributed by atoms with van der Waals surface area (Å²) in [6.45, 7) is 1.76. The van der Waals surface area contributed by atoms with Crippen LogP contribution in [0.1, 0.15) is 94.3 Å². The molecule has 0 saturated heterocycles. The molecule has 1 aromatic heterocycles. The zero-order valence-corrected chi connectivity index (χ0v) is 23.9. The third-order valence-corrected chi connectivity index (χ3v) is 6.81. The number of nitrogens with zero attached hydrogens (tertiary/aromatic N) is 2. The Kier molecular flexibility index (Phi) is 12.8. The van der Waals surface area contributed by atoms with Crippen molar-refractivity contribution in [1.82, 2.24) is 9.47 Å². The minimum Gasteiger partial charge on any atom is -0.504 e. The Bertz CT molecular complexity index is 1180. The van der Waals surface area contributed by atoms with Gasteiger partial charge in [-0.25, -0.2) is 4.57 Å². The van der Waals surface area contributed by atoms with Crippen molar-refractivity contribution in [2.45, 2.75) is 89.8 Å². The normalized spacial score (nSPS) is 12.6. The van der Waals surface area contributed by atoms with Gasteiger partial charge in [-0.15, -0.1) is 0 Å². The maximum Gasteiger partial charge on any atom is 0.234 e. The molecule has 0 aliphatic rings. The molecule has 0 fully saturated rings. The number of hydrogen-bond acceptors (Lipinski definition) is 9. The Morgan fingerprint density at radius 1 is 0.775 bits per heavy atom. The number of rotatable bonds is 17. The predicted molar refractivity (Wildman–Crippen MR) is 155 cm³/mol. The van der Waals surface area contributed by atoms with Gasteiger partial charge in [-0.05, 0) is 52.6 Å². The fourth-order valence-corrected chi connectivity index (χ4v) is 4.81. The molecule has 10 nitrogen and oxygen atoms in total. The van der Waals surface area contributed by atoms with Crippen LogP contribution in [0.4, 0.5) is 0 Å². The van der Waals surface area contributed by atoms with Gasteiger partial charge >= 0.3 is 0 Å². The Morgan fingerprint density at radius 2 is 1.32 bits per heavy atom. The highest BCUT2D eigenvalue weighted by molar-refractivity contribution is 6.06. The summed E-state index contributed by atoms with van der Waals surface area (Å²) in [5.41, 5.74) is -1.20. The highest BCUT2D eigenvalue weighted by Crippen LogP contribution is 2.54. The fourth-order valence-electron chi connectivity index (χ4n) is 4.81. The van der Waals surface area contributed by atoms with E-state index in [4.69, 9.17) is 0 Å². The Hall–Kier alpha value is -3.21. The van der Waals surface area contributed by atoms with E-state index in [1.807, 2.05) is 0 Å². The SMILES string of the molecule is CCCCC/C=C\C/C=C\CCCCCCCC(=O)n1c(O)c(C(O)(O)CN(C)C)c2c(O)c(O)c(O)c(O)c21. The number of aliphatic hydroxyl groups is 2. The van der Waals surface area contributed by atoms with E-state index in [2.05, 4.69) is 31.2 Å². The second-order valence-corrected chi connectivity index (χ2v) is 10.6. The summed E-state index contributed by atoms with van der Waals surface area (Å²) in [6, 6.07) is 0. The van der Waals surface area contributed by atoms with E-state index in [0.29, 0.717) is 11.0 Å². The molecule has 10 heteroatoms. The molecule has 40 heavy (non-hydrogen) atoms. The largest absolute Gasteiger partial charge is 0.504 e. The first-order chi connectivity index (χ1) is 19.0. The van der Waals surface area contributed by atoms with Crippen LogP contribution in [0.2, 0.25) is 0 Å². The third-order valence-electron chi connectivity index (χ3n) is 6.81. The molecule has 0 unspecified atom stereocenters. The second-order valence-electron chi connectivity index (χ2n) is 10.6. The molecule has 224 valence electrons. The van der Waals surface area contributed by atoms with Crippen LogP contribution in [0.3, 0.4) is 0 Å². The minimum atomic E-state index is -2.77. The monoisotopic (exact) mass is 562 g/mol. The number of carbonyl (C=O) groups excluding carboxylic acids is 1. The van der Waals surface area contributed by atoms with Crippen molar-refractivity contribution in [3.05, 3.63) is 29.9 Å². The van der Waals surface area contributed by atoms with Crippen molar-refractivity contribution in [2.75, 3.05) is 20.6 Å². The minimum absolute atomic E-state index is 0.0410. The van der Waals surface area contributed by atoms with E-state index < -0.39 is 63.6 Å². The maximum atomic E-state index is 13.1. The molecule has 0 saturated carbocycles. The summed E-state index contributed by atoms with van der Waals surface area (Å²) >= 11 is 0. The molecule has 0 radical (unpaired) electrons. The van der Waals surface area contributed by atoms with E-state index in [1.54, 1.807) is 0 Å². The molecule has 2 aromatic rings. The number of benzene rings is 1. The van der Waals surface area contributed by atoms with Crippen LogP contribution >= 0.6 is 0 Å². The summed E-state index contributed by atoms with van der Waals surface area (Å²) in [6.07, 6.45) is 19.8. The highest BCUT2D eigenvalue weighted by atomic mass is 16.5. The number of phenolic OH excluding ortho intramolecular Hbond substituents is 4. The molecule has 0 aliphatic heterocycles. The van der Waals surface area contributed by atoms with Crippen LogP contribution in [0.25, 0.3) is 10.9 Å². The van der Waals surface area contributed by atoms with Gasteiger partial charge in [-0.1, -0.05) is 63.3 Å². The highest BCUT2D eigenvalue weighted by Gasteiger charge is 2.40. The molecule has 7 N–H and O–H groups in total. The van der Waals surface area contributed by atoms with Crippen molar-refractivity contribution in [1.29, 1.82) is 0 Å². The van der Waals surface area contributed by atoms with Crippen molar-refractivity contribution in [2.24, 2.45) is 0 Å². The van der Waals surface area contributed by atoms with Crippen LogP contribution in [0.15, 0.2) is 24.3 Å². The first kappa shape index (κ1) is 33.0. The van der Waals surface area contributed by atoms with E-state index in [1.165, 1.54) is 38.3 Å². The van der Waals surface area contributed by atoms with E-state index in [0.717, 1.165) is 44.9 Å². The van der Waals surface area contributed by atoms with Crippen LogP contribution < -0.4 is 0 Å². The first-order valence-electron chi connectivity index (χ1n) is 14.1. The molecule has 0 atom stereocenters.